The van der Waals surface area contributed by atoms with Crippen molar-refractivity contribution in [2.75, 3.05) is 49.3 Å². The molecule has 80 heavy (non-hydrogen) atoms. The zero-order chi connectivity index (χ0) is 54.0. The molecule has 8 aromatic carbocycles. The normalized spacial score (nSPS) is 10.9. The number of hydrogen-bond donors (Lipinski definition) is 0. The molecule has 0 aliphatic carbocycles. The summed E-state index contributed by atoms with van der Waals surface area (Å²) in [6.45, 7) is 18.4. The van der Waals surface area contributed by atoms with Crippen LogP contribution < -0.4 is 46.0 Å². The summed E-state index contributed by atoms with van der Waals surface area (Å²) in [5, 5.41) is 17.9. The van der Waals surface area contributed by atoms with Gasteiger partial charge in [-0.15, -0.1) is 161 Å². The largest absolute Gasteiger partial charge is 2.00 e. The Bertz CT molecular complexity index is 2340. The van der Waals surface area contributed by atoms with Crippen LogP contribution in [0.15, 0.2) is 146 Å². The molecule has 0 atom stereocenters. The Kier molecular flexibility index (Phi) is 46.0. The van der Waals surface area contributed by atoms with Crippen LogP contribution in [-0.2, 0) is 52.4 Å². The van der Waals surface area contributed by atoms with Crippen LogP contribution in [0.5, 0.6) is 0 Å². The minimum atomic E-state index is 0. The van der Waals surface area contributed by atoms with E-state index < -0.39 is 0 Å². The molecule has 0 saturated heterocycles. The molecule has 0 radical (unpaired) electrons. The van der Waals surface area contributed by atoms with Gasteiger partial charge in [0.2, 0.25) is 0 Å². The smallest absolute Gasteiger partial charge is 1.00 e. The van der Waals surface area contributed by atoms with E-state index in [2.05, 4.69) is 201 Å². The maximum Gasteiger partial charge on any atom is 2.00 e. The molecule has 0 N–H and O–H groups in total. The van der Waals surface area contributed by atoms with E-state index in [4.69, 9.17) is 0 Å². The summed E-state index contributed by atoms with van der Waals surface area (Å²) in [4.78, 5) is 0. The molecule has 0 nitrogen and oxygen atoms in total. The van der Waals surface area contributed by atoms with Crippen molar-refractivity contribution in [3.8, 4) is 0 Å². The third-order valence-corrected chi connectivity index (χ3v) is 26.3. The summed E-state index contributed by atoms with van der Waals surface area (Å²) in [6.07, 6.45) is 38.9. The van der Waals surface area contributed by atoms with Gasteiger partial charge < -0.3 is 24.8 Å². The van der Waals surface area contributed by atoms with Crippen LogP contribution in [-0.4, -0.2) is 49.3 Å². The number of halogens is 2. The second kappa shape index (κ2) is 47.5. The van der Waals surface area contributed by atoms with Crippen LogP contribution in [0, 0.1) is 0 Å². The molecule has 0 aromatic heterocycles. The summed E-state index contributed by atoms with van der Waals surface area (Å²) >= 11 is 0. The maximum atomic E-state index is 2.47. The fourth-order valence-electron chi connectivity index (χ4n) is 10.7. The number of benzene rings is 4. The molecule has 0 fully saturated rings. The van der Waals surface area contributed by atoms with E-state index in [9.17, 15) is 0 Å². The Hall–Kier alpha value is -0.614. The summed E-state index contributed by atoms with van der Waals surface area (Å²) in [5.41, 5.74) is 0. The predicted molar refractivity (Wildman–Crippen MR) is 361 cm³/mol. The third-order valence-electron chi connectivity index (χ3n) is 15.0. The fraction of sp³-hybridized carbons (Fsp3) is 0.500. The Labute approximate surface area is 546 Å². The van der Waals surface area contributed by atoms with Gasteiger partial charge in [-0.25, -0.2) is 0 Å². The summed E-state index contributed by atoms with van der Waals surface area (Å²) in [5.74, 6) is 0. The summed E-state index contributed by atoms with van der Waals surface area (Å²) in [7, 11) is 0.323. The molecule has 0 bridgehead atoms. The molecule has 0 aliphatic rings. The molecule has 0 spiro atoms. The van der Waals surface area contributed by atoms with Crippen molar-refractivity contribution in [3.05, 3.63) is 146 Å². The van der Waals surface area contributed by atoms with E-state index in [-0.39, 0.29) is 109 Å². The van der Waals surface area contributed by atoms with Gasteiger partial charge in [0.25, 0.3) is 0 Å². The van der Waals surface area contributed by atoms with Crippen LogP contribution in [0.2, 0.25) is 0 Å². The van der Waals surface area contributed by atoms with Crippen molar-refractivity contribution in [1.82, 2.24) is 0 Å². The van der Waals surface area contributed by atoms with Crippen molar-refractivity contribution >= 4 is 96.0 Å². The van der Waals surface area contributed by atoms with Crippen LogP contribution >= 0.6 is 31.7 Å². The summed E-state index contributed by atoms with van der Waals surface area (Å²) < 4.78 is 0. The van der Waals surface area contributed by atoms with Crippen molar-refractivity contribution in [2.24, 2.45) is 0 Å². The van der Waals surface area contributed by atoms with Gasteiger partial charge in [0.1, 0.15) is 0 Å². The minimum absolute atomic E-state index is 0. The molecular weight excluding hydrogens is 1240 g/mol. The Balaban J connectivity index is 0.000000530. The van der Waals surface area contributed by atoms with E-state index in [1.54, 1.807) is 21.2 Å². The summed E-state index contributed by atoms with van der Waals surface area (Å²) in [6, 6.07) is 54.7. The first kappa shape index (κ1) is 77.4. The van der Waals surface area contributed by atoms with E-state index in [0.29, 0.717) is 0 Å². The molecule has 0 saturated carbocycles. The molecule has 8 aromatic rings. The van der Waals surface area contributed by atoms with Gasteiger partial charge >= 0.3 is 52.4 Å². The van der Waals surface area contributed by atoms with E-state index in [1.165, 1.54) is 221 Å². The van der Waals surface area contributed by atoms with E-state index >= 15 is 0 Å². The molecular formula is C72H104Cl2P4Zr2-2. The molecule has 8 rings (SSSR count). The Morgan fingerprint density at radius 3 is 0.637 bits per heavy atom. The Morgan fingerprint density at radius 2 is 0.450 bits per heavy atom. The average Bonchev–Trinajstić information content (AvgIpc) is 4.28. The average molecular weight is 1350 g/mol. The minimum Gasteiger partial charge on any atom is -1.00 e. The van der Waals surface area contributed by atoms with Gasteiger partial charge in [-0.3, -0.25) is 0 Å². The monoisotopic (exact) mass is 1340 g/mol. The first-order valence-corrected chi connectivity index (χ1v) is 37.9. The molecule has 436 valence electrons. The van der Waals surface area contributed by atoms with E-state index in [0.717, 1.165) is 0 Å². The van der Waals surface area contributed by atoms with Gasteiger partial charge in [-0.1, -0.05) is 214 Å². The number of hydrogen-bond acceptors (Lipinski definition) is 0. The maximum absolute atomic E-state index is 2.47. The van der Waals surface area contributed by atoms with Crippen LogP contribution in [0.25, 0.3) is 43.1 Å². The van der Waals surface area contributed by atoms with Crippen LogP contribution in [0.1, 0.15) is 184 Å². The van der Waals surface area contributed by atoms with Gasteiger partial charge in [-0.2, -0.15) is 24.3 Å². The zero-order valence-electron chi connectivity index (χ0n) is 51.2. The number of rotatable bonds is 32. The van der Waals surface area contributed by atoms with Crippen LogP contribution in [0.3, 0.4) is 0 Å². The van der Waals surface area contributed by atoms with Crippen molar-refractivity contribution in [1.29, 1.82) is 0 Å². The first-order valence-electron chi connectivity index (χ1n) is 31.0. The second-order valence-corrected chi connectivity index (χ2v) is 31.5. The fourth-order valence-corrected chi connectivity index (χ4v) is 20.9. The molecule has 0 heterocycles. The molecule has 0 amide bonds. The molecule has 8 heteroatoms. The Morgan fingerprint density at radius 1 is 0.250 bits per heavy atom. The second-order valence-electron chi connectivity index (χ2n) is 21.6. The standard InChI is InChI=1S/2C21H32P.2C15H20P.2ClH.2Zr/c2*1-3-5-7-11-15-22(16-12-8-6-4-2)21-17-19-13-9-10-14-20(19)18-21;2*1-3-9-16(10-4-2)15-11-13-7-5-6-8-14(13)12-15;;;;/h2*9-10,13-14,17-18H,3-8,11-12,15-16H2,1-2H3;2*5-8,11-12H,3-4,9-10H2,1-2H3;2*1H;;/q4*-1;;;2*+2/p-2. The van der Waals surface area contributed by atoms with Gasteiger partial charge in [0.15, 0.2) is 0 Å². The zero-order valence-corrected chi connectivity index (χ0v) is 61.2. The third kappa shape index (κ3) is 27.8. The first-order chi connectivity index (χ1) is 37.4. The van der Waals surface area contributed by atoms with Crippen LogP contribution in [0.4, 0.5) is 0 Å². The van der Waals surface area contributed by atoms with Gasteiger partial charge in [-0.05, 0) is 75.0 Å². The predicted octanol–water partition coefficient (Wildman–Crippen LogP) is 16.6. The SMILES string of the molecule is CCCCCCP(CCCCCC)c1cc2ccccc2[cH-]1.CCCCCCP(CCCCCC)c1cc2ccccc2[cH-]1.CCCP(CCC)c1cc2ccccc2[cH-]1.CCCP(CCC)c1cc2ccccc2[cH-]1.[Cl-].[Cl-].[Zr+2].[Zr+2]. The number of unbranched alkanes of at least 4 members (excludes halogenated alkanes) is 12. The van der Waals surface area contributed by atoms with Crippen molar-refractivity contribution in [3.63, 3.8) is 0 Å². The van der Waals surface area contributed by atoms with Gasteiger partial charge in [0, 0.05) is 0 Å². The quantitative estimate of drug-likeness (QED) is 0.0224. The number of fused-ring (bicyclic) bond motifs is 4. The topological polar surface area (TPSA) is 0 Å². The van der Waals surface area contributed by atoms with E-state index in [1.807, 2.05) is 0 Å². The van der Waals surface area contributed by atoms with Crippen molar-refractivity contribution in [2.45, 2.75) is 184 Å². The molecule has 0 aliphatic heterocycles. The van der Waals surface area contributed by atoms with Gasteiger partial charge in [0.05, 0.1) is 0 Å². The molecule has 0 unspecified atom stereocenters. The van der Waals surface area contributed by atoms with Crippen molar-refractivity contribution < 1.29 is 77.2 Å².